The molecule has 0 heterocycles. The SMILES string of the molecule is CCC\C=C/C=C\C=C/C=C\C=C/CCCCCCCC(=O)OCC(COC(=O)CCCCCC/C=C\CCCC)OC(=O)CCCCCCCCCCCCCCCCC. The first kappa shape index (κ1) is 57.9. The first-order chi connectivity index (χ1) is 30.0. The highest BCUT2D eigenvalue weighted by atomic mass is 16.6. The summed E-state index contributed by atoms with van der Waals surface area (Å²) >= 11 is 0. The Bertz CT molecular complexity index is 1160. The molecule has 350 valence electrons. The van der Waals surface area contributed by atoms with E-state index in [0.717, 1.165) is 103 Å². The molecule has 0 aliphatic heterocycles. The molecule has 0 aromatic heterocycles. The van der Waals surface area contributed by atoms with Crippen LogP contribution in [0.5, 0.6) is 0 Å². The molecular formula is C55H94O6. The van der Waals surface area contributed by atoms with Gasteiger partial charge in [-0.05, 0) is 57.8 Å². The van der Waals surface area contributed by atoms with Crippen molar-refractivity contribution in [3.05, 3.63) is 72.9 Å². The van der Waals surface area contributed by atoms with Crippen molar-refractivity contribution in [1.29, 1.82) is 0 Å². The Morgan fingerprint density at radius 1 is 0.328 bits per heavy atom. The minimum Gasteiger partial charge on any atom is -0.462 e. The molecule has 61 heavy (non-hydrogen) atoms. The van der Waals surface area contributed by atoms with Gasteiger partial charge >= 0.3 is 17.9 Å². The number of hydrogen-bond donors (Lipinski definition) is 0. The van der Waals surface area contributed by atoms with E-state index in [1.165, 1.54) is 96.3 Å². The van der Waals surface area contributed by atoms with E-state index in [-0.39, 0.29) is 31.1 Å². The van der Waals surface area contributed by atoms with Crippen LogP contribution in [0.1, 0.15) is 239 Å². The van der Waals surface area contributed by atoms with Gasteiger partial charge in [0.2, 0.25) is 0 Å². The Labute approximate surface area is 376 Å². The molecule has 0 saturated carbocycles. The highest BCUT2D eigenvalue weighted by Crippen LogP contribution is 2.15. The van der Waals surface area contributed by atoms with Crippen LogP contribution < -0.4 is 0 Å². The zero-order chi connectivity index (χ0) is 44.4. The fraction of sp³-hybridized carbons (Fsp3) is 0.727. The van der Waals surface area contributed by atoms with Gasteiger partial charge in [0.25, 0.3) is 0 Å². The van der Waals surface area contributed by atoms with E-state index in [9.17, 15) is 14.4 Å². The van der Waals surface area contributed by atoms with Crippen LogP contribution in [0, 0.1) is 0 Å². The number of ether oxygens (including phenoxy) is 3. The number of carbonyl (C=O) groups is 3. The highest BCUT2D eigenvalue weighted by molar-refractivity contribution is 5.71. The topological polar surface area (TPSA) is 78.9 Å². The molecular weight excluding hydrogens is 757 g/mol. The molecule has 6 nitrogen and oxygen atoms in total. The lowest BCUT2D eigenvalue weighted by Gasteiger charge is -2.18. The first-order valence-electron chi connectivity index (χ1n) is 25.5. The maximum Gasteiger partial charge on any atom is 0.306 e. The maximum absolute atomic E-state index is 12.8. The summed E-state index contributed by atoms with van der Waals surface area (Å²) in [5, 5.41) is 0. The number of allylic oxidation sites excluding steroid dienone is 12. The summed E-state index contributed by atoms with van der Waals surface area (Å²) in [4.78, 5) is 37.9. The Morgan fingerprint density at radius 3 is 1.08 bits per heavy atom. The largest absolute Gasteiger partial charge is 0.462 e. The lowest BCUT2D eigenvalue weighted by molar-refractivity contribution is -0.167. The van der Waals surface area contributed by atoms with Crippen molar-refractivity contribution in [2.45, 2.75) is 245 Å². The Hall–Kier alpha value is -3.15. The van der Waals surface area contributed by atoms with Crippen molar-refractivity contribution < 1.29 is 28.6 Å². The highest BCUT2D eigenvalue weighted by Gasteiger charge is 2.19. The van der Waals surface area contributed by atoms with E-state index in [0.29, 0.717) is 19.3 Å². The average Bonchev–Trinajstić information content (AvgIpc) is 3.26. The smallest absolute Gasteiger partial charge is 0.306 e. The summed E-state index contributed by atoms with van der Waals surface area (Å²) in [6, 6.07) is 0. The zero-order valence-electron chi connectivity index (χ0n) is 39.9. The Balaban J connectivity index is 4.41. The summed E-state index contributed by atoms with van der Waals surface area (Å²) < 4.78 is 16.7. The summed E-state index contributed by atoms with van der Waals surface area (Å²) in [7, 11) is 0. The second kappa shape index (κ2) is 49.5. The maximum atomic E-state index is 12.8. The molecule has 6 heteroatoms. The predicted molar refractivity (Wildman–Crippen MR) is 261 cm³/mol. The lowest BCUT2D eigenvalue weighted by Crippen LogP contribution is -2.30. The van der Waals surface area contributed by atoms with Gasteiger partial charge in [-0.2, -0.15) is 0 Å². The molecule has 0 radical (unpaired) electrons. The number of esters is 3. The predicted octanol–water partition coefficient (Wildman–Crippen LogP) is 16.6. The number of hydrogen-bond acceptors (Lipinski definition) is 6. The van der Waals surface area contributed by atoms with Crippen molar-refractivity contribution in [3.8, 4) is 0 Å². The fourth-order valence-electron chi connectivity index (χ4n) is 6.92. The number of carbonyl (C=O) groups excluding carboxylic acids is 3. The van der Waals surface area contributed by atoms with Crippen molar-refractivity contribution in [2.24, 2.45) is 0 Å². The van der Waals surface area contributed by atoms with Crippen molar-refractivity contribution in [3.63, 3.8) is 0 Å². The molecule has 0 bridgehead atoms. The monoisotopic (exact) mass is 851 g/mol. The fourth-order valence-corrected chi connectivity index (χ4v) is 6.92. The molecule has 0 aliphatic rings. The molecule has 0 N–H and O–H groups in total. The molecule has 0 aliphatic carbocycles. The van der Waals surface area contributed by atoms with E-state index in [1.54, 1.807) is 0 Å². The molecule has 0 fully saturated rings. The summed E-state index contributed by atoms with van der Waals surface area (Å²) in [6.07, 6.45) is 61.6. The summed E-state index contributed by atoms with van der Waals surface area (Å²) in [6.45, 7) is 6.48. The van der Waals surface area contributed by atoms with Gasteiger partial charge in [-0.1, -0.05) is 235 Å². The van der Waals surface area contributed by atoms with Gasteiger partial charge < -0.3 is 14.2 Å². The van der Waals surface area contributed by atoms with E-state index in [1.807, 2.05) is 24.3 Å². The van der Waals surface area contributed by atoms with E-state index >= 15 is 0 Å². The molecule has 0 saturated heterocycles. The second-order valence-electron chi connectivity index (χ2n) is 16.9. The second-order valence-corrected chi connectivity index (χ2v) is 16.9. The van der Waals surface area contributed by atoms with E-state index in [4.69, 9.17) is 14.2 Å². The molecule has 0 spiro atoms. The first-order valence-corrected chi connectivity index (χ1v) is 25.5. The lowest BCUT2D eigenvalue weighted by atomic mass is 10.0. The molecule has 0 aromatic rings. The standard InChI is InChI=1S/C55H94O6/c1-4-7-10-13-16-19-22-24-26-27-28-30-31-33-36-39-42-45-48-54(57)60-51-52(50-59-53(56)47-44-41-38-35-21-18-15-12-9-6-3)61-55(58)49-46-43-40-37-34-32-29-25-23-20-17-14-11-8-5-2/h10,13,15-16,18-19,22,24,26-28,30,52H,4-9,11-12,14,17,20-21,23,25,29,31-51H2,1-3H3/b13-10-,18-15-,19-16-,24-22-,27-26-,30-28-. The quantitative estimate of drug-likeness (QED) is 0.0200. The number of rotatable bonds is 45. The molecule has 1 atom stereocenters. The Morgan fingerprint density at radius 2 is 0.656 bits per heavy atom. The zero-order valence-corrected chi connectivity index (χ0v) is 39.9. The van der Waals surface area contributed by atoms with Crippen molar-refractivity contribution in [2.75, 3.05) is 13.2 Å². The minimum atomic E-state index is -0.787. The number of unbranched alkanes of at least 4 members (excludes halogenated alkanes) is 26. The Kier molecular flexibility index (Phi) is 46.9. The van der Waals surface area contributed by atoms with Crippen LogP contribution in [0.15, 0.2) is 72.9 Å². The van der Waals surface area contributed by atoms with Crippen LogP contribution in [0.3, 0.4) is 0 Å². The van der Waals surface area contributed by atoms with Gasteiger partial charge in [0.15, 0.2) is 6.10 Å². The summed E-state index contributed by atoms with van der Waals surface area (Å²) in [5.74, 6) is -0.924. The molecule has 0 amide bonds. The normalized spacial score (nSPS) is 12.6. The van der Waals surface area contributed by atoms with Gasteiger partial charge in [0, 0.05) is 19.3 Å². The van der Waals surface area contributed by atoms with Gasteiger partial charge in [-0.15, -0.1) is 0 Å². The van der Waals surface area contributed by atoms with E-state index < -0.39 is 6.10 Å². The van der Waals surface area contributed by atoms with Crippen LogP contribution in [0.25, 0.3) is 0 Å². The molecule has 0 aromatic carbocycles. The van der Waals surface area contributed by atoms with Crippen LogP contribution in [0.4, 0.5) is 0 Å². The average molecular weight is 851 g/mol. The van der Waals surface area contributed by atoms with Gasteiger partial charge in [-0.25, -0.2) is 0 Å². The van der Waals surface area contributed by atoms with E-state index in [2.05, 4.69) is 69.4 Å². The molecule has 0 rings (SSSR count). The van der Waals surface area contributed by atoms with Crippen LogP contribution in [-0.2, 0) is 28.6 Å². The third-order valence-electron chi connectivity index (χ3n) is 10.8. The third kappa shape index (κ3) is 47.7. The van der Waals surface area contributed by atoms with Gasteiger partial charge in [0.05, 0.1) is 0 Å². The van der Waals surface area contributed by atoms with Crippen molar-refractivity contribution >= 4 is 17.9 Å². The third-order valence-corrected chi connectivity index (χ3v) is 10.8. The molecule has 1 unspecified atom stereocenters. The van der Waals surface area contributed by atoms with Crippen molar-refractivity contribution in [1.82, 2.24) is 0 Å². The summed E-state index contributed by atoms with van der Waals surface area (Å²) in [5.41, 5.74) is 0. The van der Waals surface area contributed by atoms with Gasteiger partial charge in [-0.3, -0.25) is 14.4 Å². The minimum absolute atomic E-state index is 0.0887. The van der Waals surface area contributed by atoms with Crippen LogP contribution >= 0.6 is 0 Å². The van der Waals surface area contributed by atoms with Crippen LogP contribution in [-0.4, -0.2) is 37.2 Å². The van der Waals surface area contributed by atoms with Crippen LogP contribution in [0.2, 0.25) is 0 Å². The van der Waals surface area contributed by atoms with Gasteiger partial charge in [0.1, 0.15) is 13.2 Å².